The third-order valence-corrected chi connectivity index (χ3v) is 5.33. The van der Waals surface area contributed by atoms with Crippen LogP contribution < -0.4 is 9.47 Å². The molecule has 1 amide bonds. The molecule has 1 atom stereocenters. The number of thiazole rings is 1. The van der Waals surface area contributed by atoms with Crippen molar-refractivity contribution in [3.63, 3.8) is 0 Å². The zero-order valence-electron chi connectivity index (χ0n) is 13.7. The number of amides is 1. The van der Waals surface area contributed by atoms with Crippen molar-refractivity contribution in [3.8, 4) is 22.1 Å². The lowest BCUT2D eigenvalue weighted by atomic mass is 10.2. The highest BCUT2D eigenvalue weighted by Gasteiger charge is 2.28. The van der Waals surface area contributed by atoms with Crippen LogP contribution >= 0.6 is 11.3 Å². The second-order valence-corrected chi connectivity index (χ2v) is 7.07. The molecule has 2 aromatic rings. The smallest absolute Gasteiger partial charge is 0.273 e. The number of piperazine rings is 1. The van der Waals surface area contributed by atoms with Crippen LogP contribution in [0.5, 0.6) is 11.5 Å². The number of fused-ring (bicyclic) bond motifs is 1. The standard InChI is InChI=1S/C17H19N3O3S/c1-11-8-19(2)5-6-20(11)17(21)13-9-24-16(18-13)12-3-4-14-15(7-12)23-10-22-14/h3-4,7,9,11H,5-6,8,10H2,1-2H3. The van der Waals surface area contributed by atoms with Crippen LogP contribution in [0.25, 0.3) is 10.6 Å². The molecular weight excluding hydrogens is 326 g/mol. The molecule has 6 nitrogen and oxygen atoms in total. The number of hydrogen-bond acceptors (Lipinski definition) is 6. The van der Waals surface area contributed by atoms with Crippen molar-refractivity contribution in [1.29, 1.82) is 0 Å². The van der Waals surface area contributed by atoms with Crippen molar-refractivity contribution in [2.75, 3.05) is 33.5 Å². The maximum Gasteiger partial charge on any atom is 0.273 e. The number of carbonyl (C=O) groups is 1. The number of likely N-dealkylation sites (N-methyl/N-ethyl adjacent to an activating group) is 1. The minimum absolute atomic E-state index is 0.0128. The summed E-state index contributed by atoms with van der Waals surface area (Å²) in [5.41, 5.74) is 1.46. The Morgan fingerprint density at radius 2 is 2.12 bits per heavy atom. The van der Waals surface area contributed by atoms with Crippen LogP contribution in [0.2, 0.25) is 0 Å². The molecule has 24 heavy (non-hydrogen) atoms. The molecule has 0 spiro atoms. The molecule has 1 aromatic carbocycles. The molecule has 0 N–H and O–H groups in total. The Bertz CT molecular complexity index is 776. The average Bonchev–Trinajstić information content (AvgIpc) is 3.23. The first-order chi connectivity index (χ1) is 11.6. The molecule has 0 saturated carbocycles. The second-order valence-electron chi connectivity index (χ2n) is 6.22. The molecule has 0 aliphatic carbocycles. The van der Waals surface area contributed by atoms with Crippen LogP contribution in [-0.4, -0.2) is 60.2 Å². The predicted molar refractivity (Wildman–Crippen MR) is 91.7 cm³/mol. The molecule has 3 heterocycles. The van der Waals surface area contributed by atoms with Gasteiger partial charge >= 0.3 is 0 Å². The van der Waals surface area contributed by atoms with Crippen LogP contribution in [0.3, 0.4) is 0 Å². The highest BCUT2D eigenvalue weighted by atomic mass is 32.1. The van der Waals surface area contributed by atoms with E-state index in [1.54, 1.807) is 0 Å². The second kappa shape index (κ2) is 6.07. The van der Waals surface area contributed by atoms with Gasteiger partial charge in [-0.25, -0.2) is 4.98 Å². The van der Waals surface area contributed by atoms with Crippen LogP contribution in [0, 0.1) is 0 Å². The van der Waals surface area contributed by atoms with E-state index in [0.717, 1.165) is 41.7 Å². The molecule has 7 heteroatoms. The Morgan fingerprint density at radius 3 is 2.96 bits per heavy atom. The molecule has 2 aliphatic heterocycles. The van der Waals surface area contributed by atoms with E-state index in [2.05, 4.69) is 23.9 Å². The van der Waals surface area contributed by atoms with Gasteiger partial charge in [0.1, 0.15) is 10.7 Å². The zero-order valence-corrected chi connectivity index (χ0v) is 14.5. The Labute approximate surface area is 144 Å². The van der Waals surface area contributed by atoms with Gasteiger partial charge in [-0.05, 0) is 32.2 Å². The lowest BCUT2D eigenvalue weighted by Gasteiger charge is -2.37. The summed E-state index contributed by atoms with van der Waals surface area (Å²) < 4.78 is 10.7. The summed E-state index contributed by atoms with van der Waals surface area (Å²) in [4.78, 5) is 21.5. The highest BCUT2D eigenvalue weighted by Crippen LogP contribution is 2.36. The van der Waals surface area contributed by atoms with Gasteiger partial charge in [0.25, 0.3) is 5.91 Å². The molecule has 1 fully saturated rings. The summed E-state index contributed by atoms with van der Waals surface area (Å²) in [6.07, 6.45) is 0. The molecule has 0 radical (unpaired) electrons. The largest absolute Gasteiger partial charge is 0.454 e. The van der Waals surface area contributed by atoms with E-state index >= 15 is 0 Å². The quantitative estimate of drug-likeness (QED) is 0.836. The summed E-state index contributed by atoms with van der Waals surface area (Å²) in [6, 6.07) is 5.93. The molecular formula is C17H19N3O3S. The normalized spacial score (nSPS) is 20.4. The van der Waals surface area contributed by atoms with Gasteiger partial charge in [-0.3, -0.25) is 4.79 Å². The third-order valence-electron chi connectivity index (χ3n) is 4.43. The lowest BCUT2D eigenvalue weighted by molar-refractivity contribution is 0.0528. The van der Waals surface area contributed by atoms with E-state index in [9.17, 15) is 4.79 Å². The Kier molecular flexibility index (Phi) is 3.90. The molecule has 126 valence electrons. The van der Waals surface area contributed by atoms with Gasteiger partial charge in [-0.2, -0.15) is 0 Å². The number of benzene rings is 1. The summed E-state index contributed by atoms with van der Waals surface area (Å²) in [5.74, 6) is 1.49. The van der Waals surface area contributed by atoms with Crippen molar-refractivity contribution < 1.29 is 14.3 Å². The molecule has 1 unspecified atom stereocenters. The Morgan fingerprint density at radius 1 is 1.29 bits per heavy atom. The maximum atomic E-state index is 12.8. The number of rotatable bonds is 2. The zero-order chi connectivity index (χ0) is 16.7. The number of nitrogens with zero attached hydrogens (tertiary/aromatic N) is 3. The van der Waals surface area contributed by atoms with Crippen molar-refractivity contribution in [3.05, 3.63) is 29.3 Å². The topological polar surface area (TPSA) is 54.9 Å². The Hall–Kier alpha value is -2.12. The van der Waals surface area contributed by atoms with Crippen molar-refractivity contribution in [2.45, 2.75) is 13.0 Å². The molecule has 2 aliphatic rings. The lowest BCUT2D eigenvalue weighted by Crippen LogP contribution is -2.52. The van der Waals surface area contributed by atoms with E-state index in [4.69, 9.17) is 9.47 Å². The van der Waals surface area contributed by atoms with Gasteiger partial charge in [0, 0.05) is 36.6 Å². The first kappa shape index (κ1) is 15.4. The fraction of sp³-hybridized carbons (Fsp3) is 0.412. The van der Waals surface area contributed by atoms with Gasteiger partial charge in [0.15, 0.2) is 11.5 Å². The van der Waals surface area contributed by atoms with Gasteiger partial charge in [-0.1, -0.05) is 0 Å². The number of aromatic nitrogens is 1. The van der Waals surface area contributed by atoms with Crippen molar-refractivity contribution >= 4 is 17.2 Å². The first-order valence-electron chi connectivity index (χ1n) is 7.97. The molecule has 4 rings (SSSR count). The Balaban J connectivity index is 1.55. The minimum atomic E-state index is 0.0128. The fourth-order valence-electron chi connectivity index (χ4n) is 3.12. The summed E-state index contributed by atoms with van der Waals surface area (Å²) in [6.45, 7) is 4.87. The van der Waals surface area contributed by atoms with Crippen LogP contribution in [0.15, 0.2) is 23.6 Å². The van der Waals surface area contributed by atoms with Crippen LogP contribution in [0.1, 0.15) is 17.4 Å². The maximum absolute atomic E-state index is 12.8. The predicted octanol–water partition coefficient (Wildman–Crippen LogP) is 2.31. The van der Waals surface area contributed by atoms with Crippen LogP contribution in [0.4, 0.5) is 0 Å². The van der Waals surface area contributed by atoms with Crippen molar-refractivity contribution in [1.82, 2.24) is 14.8 Å². The van der Waals surface area contributed by atoms with E-state index in [0.29, 0.717) is 5.69 Å². The van der Waals surface area contributed by atoms with Gasteiger partial charge < -0.3 is 19.3 Å². The number of carbonyl (C=O) groups excluding carboxylic acids is 1. The van der Waals surface area contributed by atoms with Crippen molar-refractivity contribution in [2.24, 2.45) is 0 Å². The molecule has 1 aromatic heterocycles. The van der Waals surface area contributed by atoms with Gasteiger partial charge in [0.05, 0.1) is 0 Å². The highest BCUT2D eigenvalue weighted by molar-refractivity contribution is 7.13. The van der Waals surface area contributed by atoms with E-state index in [1.165, 1.54) is 11.3 Å². The summed E-state index contributed by atoms with van der Waals surface area (Å²) in [5, 5.41) is 2.66. The van der Waals surface area contributed by atoms with Crippen LogP contribution in [-0.2, 0) is 0 Å². The van der Waals surface area contributed by atoms with E-state index < -0.39 is 0 Å². The van der Waals surface area contributed by atoms with Gasteiger partial charge in [0.2, 0.25) is 6.79 Å². The summed E-state index contributed by atoms with van der Waals surface area (Å²) in [7, 11) is 2.08. The first-order valence-corrected chi connectivity index (χ1v) is 8.85. The molecule has 0 bridgehead atoms. The molecule has 1 saturated heterocycles. The monoisotopic (exact) mass is 345 g/mol. The van der Waals surface area contributed by atoms with E-state index in [-0.39, 0.29) is 18.7 Å². The fourth-order valence-corrected chi connectivity index (χ4v) is 3.91. The SMILES string of the molecule is CC1CN(C)CCN1C(=O)c1csc(-c2ccc3c(c2)OCO3)n1. The van der Waals surface area contributed by atoms with E-state index in [1.807, 2.05) is 28.5 Å². The van der Waals surface area contributed by atoms with Gasteiger partial charge in [-0.15, -0.1) is 11.3 Å². The average molecular weight is 345 g/mol. The number of ether oxygens (including phenoxy) is 2. The minimum Gasteiger partial charge on any atom is -0.454 e. The third kappa shape index (κ3) is 2.74. The number of hydrogen-bond donors (Lipinski definition) is 0. The summed E-state index contributed by atoms with van der Waals surface area (Å²) >= 11 is 1.48.